The molecule has 0 atom stereocenters. The maximum Gasteiger partial charge on any atom is 0.316 e. The summed E-state index contributed by atoms with van der Waals surface area (Å²) in [6.45, 7) is 2.46. The molecule has 0 bridgehead atoms. The molecule has 0 aliphatic heterocycles. The van der Waals surface area contributed by atoms with E-state index in [-0.39, 0.29) is 6.54 Å². The quantitative estimate of drug-likeness (QED) is 0.882. The SMILES string of the molecule is CCN(C(=O)C(=O)NCc1ccccc1Cl)c1ccccc1. The molecular weight excluding hydrogens is 300 g/mol. The van der Waals surface area contributed by atoms with Crippen LogP contribution in [-0.2, 0) is 16.1 Å². The van der Waals surface area contributed by atoms with Crippen LogP contribution in [0.5, 0.6) is 0 Å². The molecule has 1 N–H and O–H groups in total. The maximum absolute atomic E-state index is 12.3. The molecule has 2 rings (SSSR count). The molecule has 0 aliphatic carbocycles. The van der Waals surface area contributed by atoms with E-state index in [2.05, 4.69) is 5.32 Å². The number of amides is 2. The summed E-state index contributed by atoms with van der Waals surface area (Å²) in [5.74, 6) is -1.23. The fraction of sp³-hybridized carbons (Fsp3) is 0.176. The van der Waals surface area contributed by atoms with Gasteiger partial charge in [-0.15, -0.1) is 0 Å². The molecular formula is C17H17ClN2O2. The molecule has 0 saturated heterocycles. The summed E-state index contributed by atoms with van der Waals surface area (Å²) in [6, 6.07) is 16.3. The van der Waals surface area contributed by atoms with Gasteiger partial charge in [0.15, 0.2) is 0 Å². The topological polar surface area (TPSA) is 49.4 Å². The lowest BCUT2D eigenvalue weighted by molar-refractivity contribution is -0.137. The third kappa shape index (κ3) is 3.86. The van der Waals surface area contributed by atoms with Crippen LogP contribution in [0.15, 0.2) is 54.6 Å². The second-order valence-electron chi connectivity index (χ2n) is 4.66. The van der Waals surface area contributed by atoms with Crippen molar-refractivity contribution in [2.24, 2.45) is 0 Å². The second kappa shape index (κ2) is 7.61. The molecule has 114 valence electrons. The lowest BCUT2D eigenvalue weighted by Crippen LogP contribution is -2.42. The van der Waals surface area contributed by atoms with Crippen molar-refractivity contribution in [2.45, 2.75) is 13.5 Å². The average Bonchev–Trinajstić information content (AvgIpc) is 2.55. The van der Waals surface area contributed by atoms with Crippen molar-refractivity contribution in [3.63, 3.8) is 0 Å². The monoisotopic (exact) mass is 316 g/mol. The maximum atomic E-state index is 12.3. The molecule has 0 spiro atoms. The largest absolute Gasteiger partial charge is 0.344 e. The summed E-state index contributed by atoms with van der Waals surface area (Å²) in [4.78, 5) is 25.8. The Kier molecular flexibility index (Phi) is 5.55. The molecule has 0 aromatic heterocycles. The summed E-state index contributed by atoms with van der Waals surface area (Å²) in [5.41, 5.74) is 1.47. The first-order valence-electron chi connectivity index (χ1n) is 7.01. The lowest BCUT2D eigenvalue weighted by atomic mass is 10.2. The lowest BCUT2D eigenvalue weighted by Gasteiger charge is -2.20. The minimum atomic E-state index is -0.648. The third-order valence-corrected chi connectivity index (χ3v) is 3.59. The average molecular weight is 317 g/mol. The Morgan fingerprint density at radius 3 is 2.32 bits per heavy atom. The first-order valence-corrected chi connectivity index (χ1v) is 7.39. The van der Waals surface area contributed by atoms with E-state index in [1.165, 1.54) is 4.90 Å². The Morgan fingerprint density at radius 1 is 1.05 bits per heavy atom. The van der Waals surface area contributed by atoms with E-state index in [9.17, 15) is 9.59 Å². The van der Waals surface area contributed by atoms with Crippen LogP contribution in [0.25, 0.3) is 0 Å². The van der Waals surface area contributed by atoms with Gasteiger partial charge in [0.25, 0.3) is 0 Å². The van der Waals surface area contributed by atoms with Gasteiger partial charge in [0.2, 0.25) is 0 Å². The van der Waals surface area contributed by atoms with Crippen LogP contribution in [-0.4, -0.2) is 18.4 Å². The van der Waals surface area contributed by atoms with E-state index in [4.69, 9.17) is 11.6 Å². The summed E-state index contributed by atoms with van der Waals surface area (Å²) < 4.78 is 0. The van der Waals surface area contributed by atoms with Gasteiger partial charge in [-0.05, 0) is 30.7 Å². The van der Waals surface area contributed by atoms with Crippen molar-refractivity contribution in [3.05, 3.63) is 65.2 Å². The van der Waals surface area contributed by atoms with Crippen LogP contribution >= 0.6 is 11.6 Å². The van der Waals surface area contributed by atoms with Gasteiger partial charge in [0.1, 0.15) is 0 Å². The van der Waals surface area contributed by atoms with Gasteiger partial charge in [-0.1, -0.05) is 48.0 Å². The van der Waals surface area contributed by atoms with E-state index in [1.807, 2.05) is 43.3 Å². The Morgan fingerprint density at radius 2 is 1.68 bits per heavy atom. The summed E-state index contributed by atoms with van der Waals surface area (Å²) in [7, 11) is 0. The Bertz CT molecular complexity index is 659. The number of carbonyl (C=O) groups is 2. The van der Waals surface area contributed by atoms with Crippen LogP contribution in [0, 0.1) is 0 Å². The first kappa shape index (κ1) is 16.0. The zero-order valence-corrected chi connectivity index (χ0v) is 13.0. The van der Waals surface area contributed by atoms with Crippen molar-refractivity contribution in [1.29, 1.82) is 0 Å². The van der Waals surface area contributed by atoms with Gasteiger partial charge in [0.05, 0.1) is 0 Å². The van der Waals surface area contributed by atoms with Gasteiger partial charge in [0, 0.05) is 23.8 Å². The molecule has 0 fully saturated rings. The minimum absolute atomic E-state index is 0.219. The predicted molar refractivity (Wildman–Crippen MR) is 87.8 cm³/mol. The number of hydrogen-bond donors (Lipinski definition) is 1. The molecule has 0 saturated carbocycles. The van der Waals surface area contributed by atoms with Crippen LogP contribution < -0.4 is 10.2 Å². The highest BCUT2D eigenvalue weighted by Crippen LogP contribution is 2.15. The van der Waals surface area contributed by atoms with Crippen molar-refractivity contribution < 1.29 is 9.59 Å². The highest BCUT2D eigenvalue weighted by Gasteiger charge is 2.21. The third-order valence-electron chi connectivity index (χ3n) is 3.22. The van der Waals surface area contributed by atoms with E-state index < -0.39 is 11.8 Å². The number of carbonyl (C=O) groups excluding carboxylic acids is 2. The van der Waals surface area contributed by atoms with Crippen LogP contribution in [0.4, 0.5) is 5.69 Å². The fourth-order valence-electron chi connectivity index (χ4n) is 2.07. The number of likely N-dealkylation sites (N-methyl/N-ethyl adjacent to an activating group) is 1. The molecule has 22 heavy (non-hydrogen) atoms. The van der Waals surface area contributed by atoms with Crippen molar-refractivity contribution in [2.75, 3.05) is 11.4 Å². The van der Waals surface area contributed by atoms with Crippen LogP contribution in [0.1, 0.15) is 12.5 Å². The van der Waals surface area contributed by atoms with Gasteiger partial charge < -0.3 is 10.2 Å². The second-order valence-corrected chi connectivity index (χ2v) is 5.07. The molecule has 5 heteroatoms. The molecule has 0 unspecified atom stereocenters. The fourth-order valence-corrected chi connectivity index (χ4v) is 2.27. The van der Waals surface area contributed by atoms with Crippen molar-refractivity contribution in [1.82, 2.24) is 5.32 Å². The van der Waals surface area contributed by atoms with Crippen molar-refractivity contribution >= 4 is 29.1 Å². The Labute approximate surface area is 134 Å². The van der Waals surface area contributed by atoms with E-state index in [0.29, 0.717) is 17.3 Å². The van der Waals surface area contributed by atoms with E-state index in [0.717, 1.165) is 5.56 Å². The zero-order chi connectivity index (χ0) is 15.9. The highest BCUT2D eigenvalue weighted by atomic mass is 35.5. The Hall–Kier alpha value is -2.33. The number of rotatable bonds is 4. The van der Waals surface area contributed by atoms with E-state index in [1.54, 1.807) is 18.2 Å². The smallest absolute Gasteiger partial charge is 0.316 e. The van der Waals surface area contributed by atoms with Gasteiger partial charge in [-0.2, -0.15) is 0 Å². The first-order chi connectivity index (χ1) is 10.6. The molecule has 2 amide bonds. The van der Waals surface area contributed by atoms with Crippen LogP contribution in [0.2, 0.25) is 5.02 Å². The number of nitrogens with one attached hydrogen (secondary N) is 1. The molecule has 0 aliphatic rings. The number of anilines is 1. The van der Waals surface area contributed by atoms with Crippen molar-refractivity contribution in [3.8, 4) is 0 Å². The molecule has 2 aromatic rings. The minimum Gasteiger partial charge on any atom is -0.344 e. The molecule has 2 aromatic carbocycles. The molecule has 0 radical (unpaired) electrons. The Balaban J connectivity index is 2.02. The molecule has 4 nitrogen and oxygen atoms in total. The van der Waals surface area contributed by atoms with E-state index >= 15 is 0 Å². The highest BCUT2D eigenvalue weighted by molar-refractivity contribution is 6.40. The summed E-state index contributed by atoms with van der Waals surface area (Å²) in [6.07, 6.45) is 0. The number of para-hydroxylation sites is 1. The number of halogens is 1. The summed E-state index contributed by atoms with van der Waals surface area (Å²) in [5, 5.41) is 3.17. The van der Waals surface area contributed by atoms with Gasteiger partial charge in [-0.25, -0.2) is 0 Å². The summed E-state index contributed by atoms with van der Waals surface area (Å²) >= 11 is 6.03. The normalized spacial score (nSPS) is 10.1. The van der Waals surface area contributed by atoms with Gasteiger partial charge in [-0.3, -0.25) is 9.59 Å². The number of nitrogens with zero attached hydrogens (tertiary/aromatic N) is 1. The number of hydrogen-bond acceptors (Lipinski definition) is 2. The predicted octanol–water partition coefficient (Wildman–Crippen LogP) is 3.01. The zero-order valence-electron chi connectivity index (χ0n) is 12.3. The molecule has 0 heterocycles. The van der Waals surface area contributed by atoms with Crippen LogP contribution in [0.3, 0.4) is 0 Å². The van der Waals surface area contributed by atoms with Gasteiger partial charge >= 0.3 is 11.8 Å². The number of benzene rings is 2. The standard InChI is InChI=1S/C17H17ClN2O2/c1-2-20(14-9-4-3-5-10-14)17(22)16(21)19-12-13-8-6-7-11-15(13)18/h3-11H,2,12H2,1H3,(H,19,21).